The maximum atomic E-state index is 13.0. The predicted molar refractivity (Wildman–Crippen MR) is 109 cm³/mol. The lowest BCUT2D eigenvalue weighted by Gasteiger charge is -2.30. The molecule has 3 aromatic heterocycles. The number of carbonyl (C=O) groups is 1. The summed E-state index contributed by atoms with van der Waals surface area (Å²) in [4.78, 5) is 19.1. The molecule has 8 nitrogen and oxygen atoms in total. The predicted octanol–water partition coefficient (Wildman–Crippen LogP) is 3.42. The van der Waals surface area contributed by atoms with Crippen LogP contribution in [0, 0.1) is 5.92 Å². The number of nitrogens with zero attached hydrogens (tertiary/aromatic N) is 5. The third-order valence-electron chi connectivity index (χ3n) is 5.64. The second kappa shape index (κ2) is 7.81. The van der Waals surface area contributed by atoms with E-state index in [0.717, 1.165) is 23.4 Å². The third kappa shape index (κ3) is 3.85. The largest absolute Gasteiger partial charge is 0.423 e. The van der Waals surface area contributed by atoms with Crippen molar-refractivity contribution in [2.45, 2.75) is 25.6 Å². The maximum absolute atomic E-state index is 13.0. The number of carbonyl (C=O) groups excluding carboxylic acids is 1. The van der Waals surface area contributed by atoms with Crippen molar-refractivity contribution in [1.82, 2.24) is 24.9 Å². The van der Waals surface area contributed by atoms with Crippen LogP contribution in [-0.4, -0.2) is 38.6 Å². The number of hydrogen-bond donors (Lipinski definition) is 1. The maximum Gasteiger partial charge on any atom is 0.417 e. The van der Waals surface area contributed by atoms with Crippen molar-refractivity contribution in [3.8, 4) is 0 Å². The molecule has 0 unspecified atom stereocenters. The fourth-order valence-electron chi connectivity index (χ4n) is 3.87. The number of aromatic nitrogens is 4. The van der Waals surface area contributed by atoms with Crippen LogP contribution < -0.4 is 10.2 Å². The van der Waals surface area contributed by atoms with Crippen LogP contribution >= 0.6 is 0 Å². The van der Waals surface area contributed by atoms with E-state index in [0.29, 0.717) is 31.9 Å². The minimum Gasteiger partial charge on any atom is -0.423 e. The molecule has 1 aromatic carbocycles. The molecule has 4 heterocycles. The number of fused-ring (bicyclic) bond motifs is 2. The Bertz CT molecular complexity index is 1240. The molecule has 0 spiro atoms. The van der Waals surface area contributed by atoms with Crippen molar-refractivity contribution < 1.29 is 22.4 Å². The number of piperidine rings is 1. The van der Waals surface area contributed by atoms with Crippen molar-refractivity contribution in [2.75, 3.05) is 18.0 Å². The summed E-state index contributed by atoms with van der Waals surface area (Å²) in [5, 5.41) is 10.6. The first kappa shape index (κ1) is 20.3. The van der Waals surface area contributed by atoms with Crippen LogP contribution in [0.5, 0.6) is 0 Å². The van der Waals surface area contributed by atoms with Crippen molar-refractivity contribution >= 4 is 28.7 Å². The van der Waals surface area contributed by atoms with Crippen LogP contribution in [0.4, 0.5) is 19.2 Å². The molecule has 1 amide bonds. The highest BCUT2D eigenvalue weighted by molar-refractivity contribution is 5.79. The van der Waals surface area contributed by atoms with Gasteiger partial charge in [-0.3, -0.25) is 9.20 Å². The van der Waals surface area contributed by atoms with Crippen molar-refractivity contribution in [3.63, 3.8) is 0 Å². The first-order valence-electron chi connectivity index (χ1n) is 10.2. The first-order chi connectivity index (χ1) is 15.4. The lowest BCUT2D eigenvalue weighted by atomic mass is 9.96. The van der Waals surface area contributed by atoms with Gasteiger partial charge in [0.1, 0.15) is 5.52 Å². The Labute approximate surface area is 180 Å². The van der Waals surface area contributed by atoms with Gasteiger partial charge >= 0.3 is 6.18 Å². The van der Waals surface area contributed by atoms with Gasteiger partial charge in [0.25, 0.3) is 6.01 Å². The average molecular weight is 444 g/mol. The van der Waals surface area contributed by atoms with Gasteiger partial charge in [0.2, 0.25) is 5.91 Å². The highest BCUT2D eigenvalue weighted by Gasteiger charge is 2.31. The number of pyridine rings is 1. The lowest BCUT2D eigenvalue weighted by molar-refractivity contribution is -0.138. The second-order valence-electron chi connectivity index (χ2n) is 7.70. The minimum atomic E-state index is -4.47. The molecule has 4 aromatic rings. The van der Waals surface area contributed by atoms with E-state index in [-0.39, 0.29) is 29.8 Å². The number of nitrogens with one attached hydrogen (secondary N) is 1. The van der Waals surface area contributed by atoms with Crippen LogP contribution in [0.2, 0.25) is 0 Å². The van der Waals surface area contributed by atoms with Gasteiger partial charge in [-0.25, -0.2) is 0 Å². The number of alkyl halides is 3. The van der Waals surface area contributed by atoms with E-state index in [1.54, 1.807) is 0 Å². The summed E-state index contributed by atoms with van der Waals surface area (Å²) in [5.41, 5.74) is 0.992. The molecule has 1 aliphatic rings. The normalized spacial score (nSPS) is 15.5. The van der Waals surface area contributed by atoms with Crippen LogP contribution in [0.1, 0.15) is 24.2 Å². The number of para-hydroxylation sites is 2. The molecule has 11 heteroatoms. The number of amides is 1. The van der Waals surface area contributed by atoms with Gasteiger partial charge < -0.3 is 14.6 Å². The highest BCUT2D eigenvalue weighted by atomic mass is 19.4. The van der Waals surface area contributed by atoms with Crippen LogP contribution in [0.25, 0.3) is 16.7 Å². The molecule has 0 aliphatic carbocycles. The summed E-state index contributed by atoms with van der Waals surface area (Å²) in [6, 6.07) is 10.3. The zero-order valence-corrected chi connectivity index (χ0v) is 16.8. The van der Waals surface area contributed by atoms with E-state index in [2.05, 4.69) is 20.5 Å². The lowest BCUT2D eigenvalue weighted by Crippen LogP contribution is -2.40. The van der Waals surface area contributed by atoms with Gasteiger partial charge in [-0.15, -0.1) is 10.2 Å². The fourth-order valence-corrected chi connectivity index (χ4v) is 3.87. The van der Waals surface area contributed by atoms with Gasteiger partial charge in [0.05, 0.1) is 12.1 Å². The number of rotatable bonds is 4. The van der Waals surface area contributed by atoms with Crippen LogP contribution in [0.3, 0.4) is 0 Å². The van der Waals surface area contributed by atoms with Gasteiger partial charge in [0, 0.05) is 25.2 Å². The molecule has 0 radical (unpaired) electrons. The quantitative estimate of drug-likeness (QED) is 0.519. The van der Waals surface area contributed by atoms with Crippen molar-refractivity contribution in [2.24, 2.45) is 5.92 Å². The zero-order chi connectivity index (χ0) is 22.3. The van der Waals surface area contributed by atoms with E-state index in [4.69, 9.17) is 4.42 Å². The Morgan fingerprint density at radius 3 is 2.66 bits per heavy atom. The molecule has 1 aliphatic heterocycles. The Balaban J connectivity index is 1.20. The fraction of sp³-hybridized carbons (Fsp3) is 0.333. The first-order valence-corrected chi connectivity index (χ1v) is 10.2. The van der Waals surface area contributed by atoms with Crippen LogP contribution in [-0.2, 0) is 17.5 Å². The van der Waals surface area contributed by atoms with E-state index in [9.17, 15) is 18.0 Å². The topological polar surface area (TPSA) is 88.6 Å². The van der Waals surface area contributed by atoms with E-state index in [1.807, 2.05) is 29.2 Å². The average Bonchev–Trinajstić information content (AvgIpc) is 3.40. The Hall–Kier alpha value is -3.63. The van der Waals surface area contributed by atoms with Crippen molar-refractivity contribution in [1.29, 1.82) is 0 Å². The highest BCUT2D eigenvalue weighted by Crippen LogP contribution is 2.29. The molecular formula is C21H19F3N6O2. The number of benzene rings is 1. The summed E-state index contributed by atoms with van der Waals surface area (Å²) in [6.07, 6.45) is -2.30. The zero-order valence-electron chi connectivity index (χ0n) is 16.8. The Morgan fingerprint density at radius 2 is 1.91 bits per heavy atom. The smallest absolute Gasteiger partial charge is 0.417 e. The Kier molecular flexibility index (Phi) is 4.95. The molecule has 0 atom stereocenters. The third-order valence-corrected chi connectivity index (χ3v) is 5.64. The van der Waals surface area contributed by atoms with Crippen LogP contribution in [0.15, 0.2) is 47.0 Å². The molecule has 166 valence electrons. The summed E-state index contributed by atoms with van der Waals surface area (Å²) in [6.45, 7) is 1.23. The van der Waals surface area contributed by atoms with Gasteiger partial charge in [-0.05, 0) is 37.1 Å². The molecule has 32 heavy (non-hydrogen) atoms. The molecule has 5 rings (SSSR count). The molecule has 1 saturated heterocycles. The standard InChI is InChI=1S/C21H19F3N6O2/c22-21(23,24)14-5-6-17-27-28-18(30(17)12-14)11-25-19(31)13-7-9-29(10-8-13)20-26-15-3-1-2-4-16(15)32-20/h1-6,12-13H,7-11H2,(H,25,31). The Morgan fingerprint density at radius 1 is 1.12 bits per heavy atom. The van der Waals surface area contributed by atoms with E-state index < -0.39 is 11.7 Å². The number of halogens is 3. The summed E-state index contributed by atoms with van der Waals surface area (Å²) in [7, 11) is 0. The SMILES string of the molecule is O=C(NCc1nnc2ccc(C(F)(F)F)cn12)C1CCN(c2nc3ccccc3o2)CC1. The monoisotopic (exact) mass is 444 g/mol. The van der Waals surface area contributed by atoms with Gasteiger partial charge in [-0.1, -0.05) is 12.1 Å². The molecule has 0 bridgehead atoms. The minimum absolute atomic E-state index is 0.00729. The molecule has 0 saturated carbocycles. The molecule has 1 N–H and O–H groups in total. The summed E-state index contributed by atoms with van der Waals surface area (Å²) in [5.74, 6) is -0.130. The number of hydrogen-bond acceptors (Lipinski definition) is 6. The van der Waals surface area contributed by atoms with Crippen molar-refractivity contribution in [3.05, 3.63) is 54.0 Å². The second-order valence-corrected chi connectivity index (χ2v) is 7.70. The molecular weight excluding hydrogens is 425 g/mol. The summed E-state index contributed by atoms with van der Waals surface area (Å²) < 4.78 is 46.0. The number of oxazole rings is 1. The summed E-state index contributed by atoms with van der Waals surface area (Å²) >= 11 is 0. The van der Waals surface area contributed by atoms with E-state index >= 15 is 0 Å². The van der Waals surface area contributed by atoms with E-state index in [1.165, 1.54) is 10.5 Å². The van der Waals surface area contributed by atoms with Gasteiger partial charge in [-0.2, -0.15) is 18.2 Å². The number of anilines is 1. The van der Waals surface area contributed by atoms with Gasteiger partial charge in [0.15, 0.2) is 17.1 Å². The molecule has 1 fully saturated rings.